The van der Waals surface area contributed by atoms with Gasteiger partial charge in [0.2, 0.25) is 11.8 Å². The normalized spacial score (nSPS) is 12.9. The van der Waals surface area contributed by atoms with Crippen LogP contribution in [0.5, 0.6) is 0 Å². The lowest BCUT2D eigenvalue weighted by molar-refractivity contribution is -0.140. The van der Waals surface area contributed by atoms with Crippen LogP contribution in [0.25, 0.3) is 0 Å². The Morgan fingerprint density at radius 3 is 2.22 bits per heavy atom. The maximum Gasteiger partial charge on any atom is 0.264 e. The number of hydrogen-bond donors (Lipinski definition) is 1. The minimum Gasteiger partial charge on any atom is -0.352 e. The molecule has 2 amide bonds. The smallest absolute Gasteiger partial charge is 0.264 e. The number of nitrogens with zero attached hydrogens (tertiary/aromatic N) is 2. The number of amides is 2. The Morgan fingerprint density at radius 1 is 0.927 bits per heavy atom. The van der Waals surface area contributed by atoms with E-state index < -0.39 is 28.5 Å². The van der Waals surface area contributed by atoms with Crippen LogP contribution in [-0.2, 0) is 26.2 Å². The largest absolute Gasteiger partial charge is 0.352 e. The summed E-state index contributed by atoms with van der Waals surface area (Å²) in [6.07, 6.45) is 1.03. The quantitative estimate of drug-likeness (QED) is 0.250. The summed E-state index contributed by atoms with van der Waals surface area (Å²) in [4.78, 5) is 29.1. The molecule has 1 N–H and O–H groups in total. The predicted molar refractivity (Wildman–Crippen MR) is 166 cm³/mol. The third-order valence-electron chi connectivity index (χ3n) is 6.99. The van der Waals surface area contributed by atoms with Crippen LogP contribution in [-0.4, -0.2) is 43.8 Å². The molecule has 0 aliphatic carbocycles. The Morgan fingerprint density at radius 2 is 1.61 bits per heavy atom. The summed E-state index contributed by atoms with van der Waals surface area (Å²) in [6, 6.07) is 17.4. The SMILES string of the molecule is CC[C@@H](C)NC(=O)[C@H](CC)N(Cc1ccc(Cl)cc1Cl)C(=O)CN(c1cc(C)ccc1C)S(=O)(=O)c1ccccc1. The van der Waals surface area contributed by atoms with E-state index in [2.05, 4.69) is 5.32 Å². The van der Waals surface area contributed by atoms with Gasteiger partial charge >= 0.3 is 0 Å². The molecule has 2 atom stereocenters. The zero-order valence-corrected chi connectivity index (χ0v) is 26.4. The van der Waals surface area contributed by atoms with E-state index in [1.165, 1.54) is 17.0 Å². The van der Waals surface area contributed by atoms with Crippen LogP contribution < -0.4 is 9.62 Å². The molecule has 41 heavy (non-hydrogen) atoms. The van der Waals surface area contributed by atoms with Gasteiger partial charge in [0, 0.05) is 22.6 Å². The standard InChI is InChI=1S/C31H37Cl2N3O4S/c1-6-23(5)34-31(38)28(7-2)35(19-24-15-16-25(32)18-27(24)33)30(37)20-36(29-17-21(3)13-14-22(29)4)41(39,40)26-11-9-8-10-12-26/h8-18,23,28H,6-7,19-20H2,1-5H3,(H,34,38)/t23-,28+/m1/s1. The highest BCUT2D eigenvalue weighted by Crippen LogP contribution is 2.29. The van der Waals surface area contributed by atoms with Crippen LogP contribution in [0.2, 0.25) is 10.0 Å². The number of carbonyl (C=O) groups is 2. The summed E-state index contributed by atoms with van der Waals surface area (Å²) in [7, 11) is -4.14. The topological polar surface area (TPSA) is 86.8 Å². The van der Waals surface area contributed by atoms with Gasteiger partial charge in [-0.05, 0) is 80.6 Å². The van der Waals surface area contributed by atoms with Crippen molar-refractivity contribution in [2.75, 3.05) is 10.8 Å². The molecule has 0 bridgehead atoms. The number of rotatable bonds is 12. The Labute approximate surface area is 253 Å². The molecule has 10 heteroatoms. The summed E-state index contributed by atoms with van der Waals surface area (Å²) in [5, 5.41) is 3.75. The number of benzene rings is 3. The van der Waals surface area contributed by atoms with E-state index in [9.17, 15) is 18.0 Å². The van der Waals surface area contributed by atoms with E-state index in [1.54, 1.807) is 49.4 Å². The van der Waals surface area contributed by atoms with E-state index >= 15 is 0 Å². The highest BCUT2D eigenvalue weighted by Gasteiger charge is 2.34. The van der Waals surface area contributed by atoms with Crippen molar-refractivity contribution < 1.29 is 18.0 Å². The summed E-state index contributed by atoms with van der Waals surface area (Å²) in [6.45, 7) is 8.80. The number of carbonyl (C=O) groups excluding carboxylic acids is 2. The van der Waals surface area contributed by atoms with Crippen LogP contribution in [0.4, 0.5) is 5.69 Å². The van der Waals surface area contributed by atoms with Gasteiger partial charge in [-0.3, -0.25) is 13.9 Å². The second-order valence-corrected chi connectivity index (χ2v) is 12.8. The van der Waals surface area contributed by atoms with Gasteiger partial charge in [-0.1, -0.05) is 73.4 Å². The van der Waals surface area contributed by atoms with E-state index in [4.69, 9.17) is 23.2 Å². The fourth-order valence-electron chi connectivity index (χ4n) is 4.42. The van der Waals surface area contributed by atoms with Crippen LogP contribution >= 0.6 is 23.2 Å². The summed E-state index contributed by atoms with van der Waals surface area (Å²) >= 11 is 12.6. The molecule has 3 aromatic carbocycles. The lowest BCUT2D eigenvalue weighted by Crippen LogP contribution is -2.53. The van der Waals surface area contributed by atoms with E-state index in [1.807, 2.05) is 39.8 Å². The highest BCUT2D eigenvalue weighted by atomic mass is 35.5. The molecule has 3 aromatic rings. The first-order valence-corrected chi connectivity index (χ1v) is 15.8. The number of sulfonamides is 1. The number of halogens is 2. The van der Waals surface area contributed by atoms with Crippen molar-refractivity contribution in [3.05, 3.63) is 93.5 Å². The fraction of sp³-hybridized carbons (Fsp3) is 0.355. The molecular formula is C31H37Cl2N3O4S. The zero-order chi connectivity index (χ0) is 30.3. The van der Waals surface area contributed by atoms with Crippen LogP contribution in [0.3, 0.4) is 0 Å². The minimum atomic E-state index is -4.14. The molecule has 0 saturated heterocycles. The Hall–Kier alpha value is -3.07. The zero-order valence-electron chi connectivity index (χ0n) is 24.0. The van der Waals surface area contributed by atoms with Crippen molar-refractivity contribution in [1.29, 1.82) is 0 Å². The first-order valence-electron chi connectivity index (χ1n) is 13.6. The highest BCUT2D eigenvalue weighted by molar-refractivity contribution is 7.92. The van der Waals surface area contributed by atoms with Gasteiger partial charge < -0.3 is 10.2 Å². The molecule has 0 radical (unpaired) electrons. The second kappa shape index (κ2) is 14.2. The van der Waals surface area contributed by atoms with E-state index in [0.29, 0.717) is 33.3 Å². The lowest BCUT2D eigenvalue weighted by Gasteiger charge is -2.34. The molecule has 0 aliphatic rings. The van der Waals surface area contributed by atoms with Gasteiger partial charge in [-0.15, -0.1) is 0 Å². The van der Waals surface area contributed by atoms with Crippen molar-refractivity contribution in [3.8, 4) is 0 Å². The van der Waals surface area contributed by atoms with Crippen molar-refractivity contribution in [2.24, 2.45) is 0 Å². The second-order valence-electron chi connectivity index (χ2n) is 10.1. The molecule has 0 fully saturated rings. The van der Waals surface area contributed by atoms with Gasteiger partial charge in [-0.25, -0.2) is 8.42 Å². The monoisotopic (exact) mass is 617 g/mol. The summed E-state index contributed by atoms with van der Waals surface area (Å²) in [5.41, 5.74) is 2.51. The third-order valence-corrected chi connectivity index (χ3v) is 9.35. The Bertz CT molecular complexity index is 1480. The molecule has 7 nitrogen and oxygen atoms in total. The average Bonchev–Trinajstić information content (AvgIpc) is 2.94. The molecule has 0 heterocycles. The van der Waals surface area contributed by atoms with Gasteiger partial charge in [0.05, 0.1) is 10.6 Å². The summed E-state index contributed by atoms with van der Waals surface area (Å²) < 4.78 is 29.1. The maximum atomic E-state index is 14.2. The van der Waals surface area contributed by atoms with Crippen molar-refractivity contribution in [1.82, 2.24) is 10.2 Å². The lowest BCUT2D eigenvalue weighted by atomic mass is 10.1. The fourth-order valence-corrected chi connectivity index (χ4v) is 6.38. The Kier molecular flexibility index (Phi) is 11.2. The number of nitrogens with one attached hydrogen (secondary N) is 1. The van der Waals surface area contributed by atoms with Crippen LogP contribution in [0.1, 0.15) is 50.3 Å². The molecule has 0 aromatic heterocycles. The van der Waals surface area contributed by atoms with Crippen molar-refractivity contribution in [3.63, 3.8) is 0 Å². The van der Waals surface area contributed by atoms with Gasteiger partial charge in [0.1, 0.15) is 12.6 Å². The molecule has 0 saturated carbocycles. The molecule has 0 spiro atoms. The first kappa shape index (κ1) is 32.4. The van der Waals surface area contributed by atoms with Crippen LogP contribution in [0.15, 0.2) is 71.6 Å². The number of hydrogen-bond acceptors (Lipinski definition) is 4. The number of anilines is 1. The minimum absolute atomic E-state index is 0.00665. The molecular weight excluding hydrogens is 581 g/mol. The first-order chi connectivity index (χ1) is 19.4. The van der Waals surface area contributed by atoms with Crippen molar-refractivity contribution in [2.45, 2.75) is 71.0 Å². The molecule has 3 rings (SSSR count). The predicted octanol–water partition coefficient (Wildman–Crippen LogP) is 6.53. The van der Waals surface area contributed by atoms with Gasteiger partial charge in [-0.2, -0.15) is 0 Å². The van der Waals surface area contributed by atoms with Gasteiger partial charge in [0.15, 0.2) is 0 Å². The molecule has 220 valence electrons. The molecule has 0 unspecified atom stereocenters. The summed E-state index contributed by atoms with van der Waals surface area (Å²) in [5.74, 6) is -0.855. The van der Waals surface area contributed by atoms with Crippen molar-refractivity contribution >= 4 is 50.7 Å². The van der Waals surface area contributed by atoms with E-state index in [0.717, 1.165) is 16.3 Å². The van der Waals surface area contributed by atoms with E-state index in [-0.39, 0.29) is 23.4 Å². The van der Waals surface area contributed by atoms with Crippen LogP contribution in [0, 0.1) is 13.8 Å². The average molecular weight is 619 g/mol. The molecule has 0 aliphatic heterocycles. The van der Waals surface area contributed by atoms with Gasteiger partial charge in [0.25, 0.3) is 10.0 Å². The third kappa shape index (κ3) is 8.03. The maximum absolute atomic E-state index is 14.2. The number of aryl methyl sites for hydroxylation is 2. The Balaban J connectivity index is 2.11.